The maximum atomic E-state index is 13.8. The third-order valence-corrected chi connectivity index (χ3v) is 6.59. The Bertz CT molecular complexity index is 611. The van der Waals surface area contributed by atoms with E-state index in [0.717, 1.165) is 25.7 Å². The second kappa shape index (κ2) is 10.1. The van der Waals surface area contributed by atoms with Crippen LogP contribution in [0, 0.1) is 11.8 Å². The van der Waals surface area contributed by atoms with E-state index in [2.05, 4.69) is 26.5 Å². The Balaban J connectivity index is 1.61. The van der Waals surface area contributed by atoms with Crippen LogP contribution in [0.3, 0.4) is 0 Å². The van der Waals surface area contributed by atoms with Crippen LogP contribution < -0.4 is 21.5 Å². The largest absolute Gasteiger partial charge is 0.351 e. The van der Waals surface area contributed by atoms with Crippen molar-refractivity contribution in [3.63, 3.8) is 0 Å². The molecule has 1 amide bonds. The Morgan fingerprint density at radius 1 is 1.00 bits per heavy atom. The summed E-state index contributed by atoms with van der Waals surface area (Å²) in [6, 6.07) is -0.0406. The number of nitrogens with one attached hydrogen (secondary N) is 4. The molecule has 0 aromatic rings. The van der Waals surface area contributed by atoms with Crippen LogP contribution in [0.15, 0.2) is 4.99 Å². The molecule has 9 heteroatoms. The lowest BCUT2D eigenvalue weighted by atomic mass is 9.81. The summed E-state index contributed by atoms with van der Waals surface area (Å²) >= 11 is 6.16. The molecular weight excluding hydrogens is 412 g/mol. The Hall–Kier alpha value is -0.990. The molecule has 30 heavy (non-hydrogen) atoms. The molecule has 1 saturated heterocycles. The number of halogens is 3. The highest BCUT2D eigenvalue weighted by Gasteiger charge is 2.37. The van der Waals surface area contributed by atoms with Crippen molar-refractivity contribution in [1.82, 2.24) is 21.5 Å². The van der Waals surface area contributed by atoms with Crippen molar-refractivity contribution in [2.24, 2.45) is 16.8 Å². The number of hydrogen-bond donors (Lipinski definition) is 4. The fourth-order valence-corrected chi connectivity index (χ4v) is 4.90. The zero-order chi connectivity index (χ0) is 21.9. The number of alkyl halides is 3. The van der Waals surface area contributed by atoms with Crippen LogP contribution in [-0.4, -0.2) is 47.3 Å². The van der Waals surface area contributed by atoms with Gasteiger partial charge in [0.05, 0.1) is 0 Å². The van der Waals surface area contributed by atoms with Gasteiger partial charge in [-0.25, -0.2) is 19.2 Å². The number of amides is 1. The summed E-state index contributed by atoms with van der Waals surface area (Å²) in [5.74, 6) is 0.274. The van der Waals surface area contributed by atoms with Crippen molar-refractivity contribution in [2.75, 3.05) is 0 Å². The summed E-state index contributed by atoms with van der Waals surface area (Å²) in [5, 5.41) is 6.40. The molecule has 1 aliphatic heterocycles. The maximum absolute atomic E-state index is 13.8. The average Bonchev–Trinajstić information content (AvgIpc) is 3.08. The summed E-state index contributed by atoms with van der Waals surface area (Å²) in [5.41, 5.74) is 6.00. The minimum Gasteiger partial charge on any atom is -0.351 e. The van der Waals surface area contributed by atoms with Gasteiger partial charge in [-0.15, -0.1) is 11.6 Å². The third-order valence-electron chi connectivity index (χ3n) is 6.16. The maximum Gasteiger partial charge on any atom is 0.229 e. The van der Waals surface area contributed by atoms with Crippen LogP contribution >= 0.6 is 11.6 Å². The molecule has 4 unspecified atom stereocenters. The number of aliphatic imine (C=N–C) groups is 1. The molecule has 4 atom stereocenters. The van der Waals surface area contributed by atoms with Crippen molar-refractivity contribution < 1.29 is 13.6 Å². The van der Waals surface area contributed by atoms with Gasteiger partial charge in [-0.3, -0.25) is 15.5 Å². The highest BCUT2D eigenvalue weighted by atomic mass is 35.5. The number of nitrogens with zero attached hydrogens (tertiary/aromatic N) is 1. The molecule has 2 saturated carbocycles. The molecule has 0 spiro atoms. The van der Waals surface area contributed by atoms with Crippen LogP contribution in [0.1, 0.15) is 72.1 Å². The Morgan fingerprint density at radius 3 is 2.23 bits per heavy atom. The quantitative estimate of drug-likeness (QED) is 0.304. The Kier molecular flexibility index (Phi) is 7.96. The van der Waals surface area contributed by atoms with E-state index in [1.807, 2.05) is 20.8 Å². The van der Waals surface area contributed by atoms with Crippen LogP contribution in [0.5, 0.6) is 0 Å². The van der Waals surface area contributed by atoms with E-state index in [4.69, 9.17) is 11.6 Å². The SMILES string of the molecule is CC(C)(C)N/C(=N\C1CC(C2CC(F)CC(F)C2)NN1)NC(=O)C1CCC(Cl)CC1. The number of carbonyl (C=O) groups is 1. The Morgan fingerprint density at radius 2 is 1.63 bits per heavy atom. The summed E-state index contributed by atoms with van der Waals surface area (Å²) in [7, 11) is 0. The van der Waals surface area contributed by atoms with E-state index in [0.29, 0.717) is 25.2 Å². The van der Waals surface area contributed by atoms with Crippen molar-refractivity contribution in [3.05, 3.63) is 0 Å². The lowest BCUT2D eigenvalue weighted by molar-refractivity contribution is -0.124. The molecule has 6 nitrogen and oxygen atoms in total. The predicted octanol–water partition coefficient (Wildman–Crippen LogP) is 3.31. The minimum absolute atomic E-state index is 0.00947. The molecule has 3 aliphatic rings. The van der Waals surface area contributed by atoms with Gasteiger partial charge < -0.3 is 5.32 Å². The van der Waals surface area contributed by atoms with Crippen LogP contribution in [0.2, 0.25) is 0 Å². The second-order valence-corrected chi connectivity index (χ2v) is 10.7. The zero-order valence-corrected chi connectivity index (χ0v) is 18.9. The van der Waals surface area contributed by atoms with Gasteiger partial charge in [0.25, 0.3) is 0 Å². The summed E-state index contributed by atoms with van der Waals surface area (Å²) < 4.78 is 27.6. The molecule has 1 heterocycles. The van der Waals surface area contributed by atoms with Gasteiger partial charge in [-0.05, 0) is 65.2 Å². The first-order valence-corrected chi connectivity index (χ1v) is 11.6. The van der Waals surface area contributed by atoms with Crippen molar-refractivity contribution in [1.29, 1.82) is 0 Å². The average molecular weight is 448 g/mol. The number of hydrazine groups is 1. The van der Waals surface area contributed by atoms with Gasteiger partial charge in [0.1, 0.15) is 18.5 Å². The lowest BCUT2D eigenvalue weighted by Gasteiger charge is -2.31. The minimum atomic E-state index is -1.08. The van der Waals surface area contributed by atoms with Gasteiger partial charge in [0.2, 0.25) is 5.91 Å². The molecule has 2 aliphatic carbocycles. The van der Waals surface area contributed by atoms with Crippen molar-refractivity contribution >= 4 is 23.5 Å². The van der Waals surface area contributed by atoms with E-state index in [-0.39, 0.29) is 47.3 Å². The van der Waals surface area contributed by atoms with Crippen molar-refractivity contribution in [2.45, 2.75) is 108 Å². The molecule has 0 radical (unpaired) electrons. The smallest absolute Gasteiger partial charge is 0.229 e. The van der Waals surface area contributed by atoms with Crippen LogP contribution in [0.4, 0.5) is 8.78 Å². The highest BCUT2D eigenvalue weighted by molar-refractivity contribution is 6.20. The number of rotatable bonds is 3. The van der Waals surface area contributed by atoms with Crippen LogP contribution in [0.25, 0.3) is 0 Å². The van der Waals surface area contributed by atoms with Gasteiger partial charge in [-0.2, -0.15) is 0 Å². The first kappa shape index (κ1) is 23.7. The monoisotopic (exact) mass is 447 g/mol. The lowest BCUT2D eigenvalue weighted by Crippen LogP contribution is -2.52. The van der Waals surface area contributed by atoms with Gasteiger partial charge in [-0.1, -0.05) is 0 Å². The third kappa shape index (κ3) is 7.02. The fourth-order valence-electron chi connectivity index (χ4n) is 4.65. The van der Waals surface area contributed by atoms with Crippen molar-refractivity contribution in [3.8, 4) is 0 Å². The predicted molar refractivity (Wildman–Crippen MR) is 116 cm³/mol. The van der Waals surface area contributed by atoms with E-state index in [1.54, 1.807) is 0 Å². The summed E-state index contributed by atoms with van der Waals surface area (Å²) in [4.78, 5) is 17.4. The van der Waals surface area contributed by atoms with Crippen LogP contribution in [-0.2, 0) is 4.79 Å². The fraction of sp³-hybridized carbons (Fsp3) is 0.905. The molecule has 4 N–H and O–H groups in total. The molecule has 0 aromatic heterocycles. The molecule has 172 valence electrons. The van der Waals surface area contributed by atoms with E-state index in [9.17, 15) is 13.6 Å². The molecule has 0 bridgehead atoms. The van der Waals surface area contributed by atoms with E-state index in [1.165, 1.54) is 0 Å². The summed E-state index contributed by atoms with van der Waals surface area (Å²) in [6.07, 6.45) is 2.20. The zero-order valence-electron chi connectivity index (χ0n) is 18.2. The molecule has 3 fully saturated rings. The summed E-state index contributed by atoms with van der Waals surface area (Å²) in [6.45, 7) is 6.00. The standard InChI is InChI=1S/C21H36ClF2N5O/c1-21(2,3)27-20(26-19(30)12-4-6-14(22)7-5-12)25-18-11-17(28-29-18)13-8-15(23)10-16(24)9-13/h12-18,28-29H,4-11H2,1-3H3,(H2,25,26,27,30). The molecule has 3 rings (SSSR count). The Labute approximate surface area is 183 Å². The normalized spacial score (nSPS) is 38.3. The van der Waals surface area contributed by atoms with Gasteiger partial charge in [0.15, 0.2) is 5.96 Å². The highest BCUT2D eigenvalue weighted by Crippen LogP contribution is 2.33. The molecular formula is C21H36ClF2N5O. The van der Waals surface area contributed by atoms with E-state index < -0.39 is 12.3 Å². The molecule has 0 aromatic carbocycles. The first-order valence-electron chi connectivity index (χ1n) is 11.2. The van der Waals surface area contributed by atoms with E-state index >= 15 is 0 Å². The number of guanidine groups is 1. The van der Waals surface area contributed by atoms with Gasteiger partial charge in [0, 0.05) is 35.7 Å². The van der Waals surface area contributed by atoms with Gasteiger partial charge >= 0.3 is 0 Å². The number of carbonyl (C=O) groups excluding carboxylic acids is 1. The first-order chi connectivity index (χ1) is 14.1. The number of hydrogen-bond acceptors (Lipinski definition) is 4. The second-order valence-electron chi connectivity index (χ2n) is 10.1. The topological polar surface area (TPSA) is 77.6 Å².